The molecule has 0 aliphatic rings. The Morgan fingerprint density at radius 1 is 1.10 bits per heavy atom. The van der Waals surface area contributed by atoms with E-state index in [0.29, 0.717) is 18.7 Å². The van der Waals surface area contributed by atoms with Crippen LogP contribution < -0.4 is 5.32 Å². The first kappa shape index (κ1) is 18.8. The summed E-state index contributed by atoms with van der Waals surface area (Å²) in [7, 11) is 0. The Labute approximate surface area is 169 Å². The van der Waals surface area contributed by atoms with Crippen molar-refractivity contribution in [2.75, 3.05) is 0 Å². The molecule has 3 heterocycles. The smallest absolute Gasteiger partial charge is 0.220 e. The lowest BCUT2D eigenvalue weighted by molar-refractivity contribution is -0.121. The topological polar surface area (TPSA) is 80.9 Å². The van der Waals surface area contributed by atoms with Gasteiger partial charge in [0.25, 0.3) is 0 Å². The van der Waals surface area contributed by atoms with Gasteiger partial charge in [0.1, 0.15) is 5.69 Å². The van der Waals surface area contributed by atoms with Crippen LogP contribution in [0.25, 0.3) is 22.3 Å². The minimum absolute atomic E-state index is 0.0163. The fourth-order valence-electron chi connectivity index (χ4n) is 3.17. The third-order valence-corrected chi connectivity index (χ3v) is 4.69. The third kappa shape index (κ3) is 4.85. The van der Waals surface area contributed by atoms with E-state index in [1.54, 1.807) is 6.20 Å². The molecule has 0 bridgehead atoms. The third-order valence-electron chi connectivity index (χ3n) is 4.69. The number of nitrogens with one attached hydrogen (secondary N) is 1. The van der Waals surface area contributed by atoms with Crippen LogP contribution in [-0.4, -0.2) is 21.0 Å². The van der Waals surface area contributed by atoms with Crippen molar-refractivity contribution in [1.82, 2.24) is 20.4 Å². The van der Waals surface area contributed by atoms with Crippen LogP contribution in [0.4, 0.5) is 0 Å². The lowest BCUT2D eigenvalue weighted by atomic mass is 10.1. The van der Waals surface area contributed by atoms with E-state index in [1.807, 2.05) is 55.5 Å². The molecular formula is C23H22N4O2. The van der Waals surface area contributed by atoms with Crippen molar-refractivity contribution in [1.29, 1.82) is 0 Å². The molecule has 6 heteroatoms. The molecule has 0 saturated heterocycles. The molecule has 1 N–H and O–H groups in total. The zero-order valence-electron chi connectivity index (χ0n) is 16.3. The molecule has 0 fully saturated rings. The Kier molecular flexibility index (Phi) is 5.61. The van der Waals surface area contributed by atoms with Gasteiger partial charge < -0.3 is 9.84 Å². The van der Waals surface area contributed by atoms with Crippen LogP contribution in [-0.2, 0) is 17.8 Å². The lowest BCUT2D eigenvalue weighted by Crippen LogP contribution is -2.22. The Morgan fingerprint density at radius 2 is 2.03 bits per heavy atom. The van der Waals surface area contributed by atoms with Crippen molar-refractivity contribution in [2.45, 2.75) is 32.7 Å². The zero-order chi connectivity index (χ0) is 20.1. The highest BCUT2D eigenvalue weighted by atomic mass is 16.5. The van der Waals surface area contributed by atoms with Crippen molar-refractivity contribution < 1.29 is 9.32 Å². The molecule has 0 unspecified atom stereocenters. The molecule has 4 rings (SSSR count). The van der Waals surface area contributed by atoms with Gasteiger partial charge in [0, 0.05) is 35.3 Å². The maximum atomic E-state index is 12.1. The molecule has 3 aromatic heterocycles. The van der Waals surface area contributed by atoms with E-state index in [0.717, 1.165) is 46.4 Å². The molecule has 146 valence electrons. The zero-order valence-corrected chi connectivity index (χ0v) is 16.3. The number of fused-ring (bicyclic) bond motifs is 1. The van der Waals surface area contributed by atoms with E-state index in [2.05, 4.69) is 26.5 Å². The summed E-state index contributed by atoms with van der Waals surface area (Å²) in [6.07, 6.45) is 3.63. The number of aromatic nitrogens is 3. The maximum Gasteiger partial charge on any atom is 0.220 e. The van der Waals surface area contributed by atoms with Crippen LogP contribution in [0.3, 0.4) is 0 Å². The summed E-state index contributed by atoms with van der Waals surface area (Å²) in [6.45, 7) is 2.37. The Hall–Kier alpha value is -3.54. The summed E-state index contributed by atoms with van der Waals surface area (Å²) in [5.41, 5.74) is 4.63. The number of amides is 1. The number of pyridine rings is 2. The van der Waals surface area contributed by atoms with Crippen molar-refractivity contribution in [3.8, 4) is 11.3 Å². The predicted octanol–water partition coefficient (Wildman–Crippen LogP) is 4.23. The van der Waals surface area contributed by atoms with E-state index < -0.39 is 0 Å². The first-order chi connectivity index (χ1) is 14.2. The van der Waals surface area contributed by atoms with Gasteiger partial charge in [0.05, 0.1) is 6.54 Å². The normalized spacial score (nSPS) is 10.9. The molecule has 0 aliphatic carbocycles. The fourth-order valence-corrected chi connectivity index (χ4v) is 3.17. The largest absolute Gasteiger partial charge is 0.359 e. The van der Waals surface area contributed by atoms with Gasteiger partial charge in [-0.05, 0) is 50.1 Å². The van der Waals surface area contributed by atoms with Gasteiger partial charge in [0.15, 0.2) is 11.4 Å². The number of rotatable bonds is 7. The van der Waals surface area contributed by atoms with Gasteiger partial charge in [-0.15, -0.1) is 0 Å². The molecule has 4 aromatic rings. The Morgan fingerprint density at radius 3 is 2.93 bits per heavy atom. The molecule has 1 amide bonds. The minimum Gasteiger partial charge on any atom is -0.359 e. The highest BCUT2D eigenvalue weighted by molar-refractivity contribution is 5.76. The maximum absolute atomic E-state index is 12.1. The SMILES string of the molecule is Cc1cccc(-c2cc(CNC(=O)CCCc3ccc4cccnc4n3)on2)c1. The summed E-state index contributed by atoms with van der Waals surface area (Å²) in [5.74, 6) is 0.620. The van der Waals surface area contributed by atoms with Gasteiger partial charge in [-0.3, -0.25) is 4.79 Å². The molecule has 29 heavy (non-hydrogen) atoms. The average Bonchev–Trinajstić information content (AvgIpc) is 3.21. The Balaban J connectivity index is 1.25. The van der Waals surface area contributed by atoms with Crippen LogP contribution >= 0.6 is 0 Å². The first-order valence-electron chi connectivity index (χ1n) is 9.67. The van der Waals surface area contributed by atoms with Gasteiger partial charge in [-0.2, -0.15) is 0 Å². The van der Waals surface area contributed by atoms with Crippen LogP contribution in [0.5, 0.6) is 0 Å². The highest BCUT2D eigenvalue weighted by Gasteiger charge is 2.09. The fraction of sp³-hybridized carbons (Fsp3) is 0.217. The molecule has 0 radical (unpaired) electrons. The van der Waals surface area contributed by atoms with Crippen LogP contribution in [0.2, 0.25) is 0 Å². The van der Waals surface area contributed by atoms with E-state index in [-0.39, 0.29) is 5.91 Å². The molecule has 0 aliphatic heterocycles. The number of hydrogen-bond donors (Lipinski definition) is 1. The summed E-state index contributed by atoms with van der Waals surface area (Å²) < 4.78 is 5.34. The van der Waals surface area contributed by atoms with Crippen LogP contribution in [0.15, 0.2) is 65.3 Å². The van der Waals surface area contributed by atoms with Gasteiger partial charge >= 0.3 is 0 Å². The highest BCUT2D eigenvalue weighted by Crippen LogP contribution is 2.20. The second kappa shape index (κ2) is 8.65. The predicted molar refractivity (Wildman–Crippen MR) is 111 cm³/mol. The second-order valence-electron chi connectivity index (χ2n) is 7.03. The summed E-state index contributed by atoms with van der Waals surface area (Å²) in [6, 6.07) is 17.8. The van der Waals surface area contributed by atoms with E-state index in [1.165, 1.54) is 0 Å². The van der Waals surface area contributed by atoms with E-state index in [4.69, 9.17) is 4.52 Å². The summed E-state index contributed by atoms with van der Waals surface area (Å²) in [5, 5.41) is 8.00. The summed E-state index contributed by atoms with van der Waals surface area (Å²) in [4.78, 5) is 20.9. The summed E-state index contributed by atoms with van der Waals surface area (Å²) >= 11 is 0. The van der Waals surface area contributed by atoms with Crippen molar-refractivity contribution in [2.24, 2.45) is 0 Å². The number of aryl methyl sites for hydroxylation is 2. The molecular weight excluding hydrogens is 364 g/mol. The average molecular weight is 386 g/mol. The number of carbonyl (C=O) groups is 1. The minimum atomic E-state index is -0.0163. The van der Waals surface area contributed by atoms with E-state index >= 15 is 0 Å². The standard InChI is InChI=1S/C23H22N4O2/c1-16-5-2-6-18(13-16)21-14-20(29-27-21)15-25-22(28)9-3-8-19-11-10-17-7-4-12-24-23(17)26-19/h2,4-7,10-14H,3,8-9,15H2,1H3,(H,25,28). The Bertz CT molecular complexity index is 1140. The number of hydrogen-bond acceptors (Lipinski definition) is 5. The second-order valence-corrected chi connectivity index (χ2v) is 7.03. The van der Waals surface area contributed by atoms with Crippen molar-refractivity contribution in [3.63, 3.8) is 0 Å². The number of benzene rings is 1. The van der Waals surface area contributed by atoms with Crippen molar-refractivity contribution in [3.05, 3.63) is 77.8 Å². The number of nitrogens with zero attached hydrogens (tertiary/aromatic N) is 3. The molecule has 6 nitrogen and oxygen atoms in total. The molecule has 0 spiro atoms. The quantitative estimate of drug-likeness (QED) is 0.514. The van der Waals surface area contributed by atoms with Gasteiger partial charge in [-0.25, -0.2) is 9.97 Å². The van der Waals surface area contributed by atoms with Gasteiger partial charge in [0.2, 0.25) is 5.91 Å². The molecule has 0 saturated carbocycles. The molecule has 1 aromatic carbocycles. The molecule has 0 atom stereocenters. The lowest BCUT2D eigenvalue weighted by Gasteiger charge is -2.04. The van der Waals surface area contributed by atoms with Gasteiger partial charge in [-0.1, -0.05) is 28.9 Å². The van der Waals surface area contributed by atoms with Crippen LogP contribution in [0, 0.1) is 6.92 Å². The van der Waals surface area contributed by atoms with Crippen molar-refractivity contribution >= 4 is 16.9 Å². The van der Waals surface area contributed by atoms with Crippen LogP contribution in [0.1, 0.15) is 29.9 Å². The number of carbonyl (C=O) groups excluding carboxylic acids is 1. The first-order valence-corrected chi connectivity index (χ1v) is 9.67. The monoisotopic (exact) mass is 386 g/mol. The van der Waals surface area contributed by atoms with E-state index in [9.17, 15) is 4.79 Å².